The minimum atomic E-state index is -0.112. The number of halogens is 2. The van der Waals surface area contributed by atoms with E-state index in [-0.39, 0.29) is 24.5 Å². The van der Waals surface area contributed by atoms with Crippen LogP contribution in [0.2, 0.25) is 5.02 Å². The van der Waals surface area contributed by atoms with Gasteiger partial charge in [-0.25, -0.2) is 0 Å². The van der Waals surface area contributed by atoms with E-state index in [4.69, 9.17) is 11.6 Å². The van der Waals surface area contributed by atoms with Crippen LogP contribution in [-0.2, 0) is 0 Å². The van der Waals surface area contributed by atoms with Crippen molar-refractivity contribution in [3.8, 4) is 0 Å². The second kappa shape index (κ2) is 6.21. The number of carbonyl (C=O) groups excluding carboxylic acids is 1. The SMILES string of the molecule is O=C(NC1CCCC1CO)c1ccc(I)c(Cl)c1. The summed E-state index contributed by atoms with van der Waals surface area (Å²) >= 11 is 8.13. The van der Waals surface area contributed by atoms with Crippen LogP contribution < -0.4 is 5.32 Å². The molecule has 0 aromatic heterocycles. The first-order chi connectivity index (χ1) is 8.61. The standard InChI is InChI=1S/C13H15ClINO2/c14-10-6-8(4-5-11(10)15)13(18)16-12-3-1-2-9(12)7-17/h4-6,9,12,17H,1-3,7H2,(H,16,18). The fraction of sp³-hybridized carbons (Fsp3) is 0.462. The number of hydrogen-bond acceptors (Lipinski definition) is 2. The Labute approximate surface area is 125 Å². The first kappa shape index (κ1) is 14.1. The van der Waals surface area contributed by atoms with Crippen LogP contribution in [0.4, 0.5) is 0 Å². The van der Waals surface area contributed by atoms with Gasteiger partial charge in [0, 0.05) is 27.7 Å². The normalized spacial score (nSPS) is 23.1. The van der Waals surface area contributed by atoms with Crippen LogP contribution in [-0.4, -0.2) is 23.7 Å². The lowest BCUT2D eigenvalue weighted by molar-refractivity contribution is 0.0916. The van der Waals surface area contributed by atoms with Crippen molar-refractivity contribution >= 4 is 40.1 Å². The Morgan fingerprint density at radius 3 is 2.94 bits per heavy atom. The number of nitrogens with one attached hydrogen (secondary N) is 1. The van der Waals surface area contributed by atoms with Crippen molar-refractivity contribution in [1.82, 2.24) is 5.32 Å². The minimum Gasteiger partial charge on any atom is -0.396 e. The first-order valence-electron chi connectivity index (χ1n) is 5.98. The average molecular weight is 380 g/mol. The van der Waals surface area contributed by atoms with Gasteiger partial charge in [-0.2, -0.15) is 0 Å². The highest BCUT2D eigenvalue weighted by atomic mass is 127. The molecule has 98 valence electrons. The molecule has 0 heterocycles. The first-order valence-corrected chi connectivity index (χ1v) is 7.44. The Morgan fingerprint density at radius 2 is 2.28 bits per heavy atom. The van der Waals surface area contributed by atoms with E-state index >= 15 is 0 Å². The zero-order chi connectivity index (χ0) is 13.1. The van der Waals surface area contributed by atoms with Crippen molar-refractivity contribution in [2.45, 2.75) is 25.3 Å². The van der Waals surface area contributed by atoms with Crippen LogP contribution in [0.25, 0.3) is 0 Å². The molecule has 1 aliphatic rings. The molecule has 0 spiro atoms. The van der Waals surface area contributed by atoms with Gasteiger partial charge in [0.05, 0.1) is 5.02 Å². The topological polar surface area (TPSA) is 49.3 Å². The van der Waals surface area contributed by atoms with Gasteiger partial charge in [-0.05, 0) is 53.6 Å². The summed E-state index contributed by atoms with van der Waals surface area (Å²) in [6, 6.07) is 5.37. The van der Waals surface area contributed by atoms with E-state index in [1.165, 1.54) is 0 Å². The number of benzene rings is 1. The number of rotatable bonds is 3. The number of hydrogen-bond donors (Lipinski definition) is 2. The third-order valence-corrected chi connectivity index (χ3v) is 4.96. The summed E-state index contributed by atoms with van der Waals surface area (Å²) in [6.45, 7) is 0.137. The summed E-state index contributed by atoms with van der Waals surface area (Å²) < 4.78 is 0.930. The quantitative estimate of drug-likeness (QED) is 0.794. The van der Waals surface area contributed by atoms with Crippen LogP contribution in [0, 0.1) is 9.49 Å². The number of carbonyl (C=O) groups is 1. The monoisotopic (exact) mass is 379 g/mol. The molecule has 18 heavy (non-hydrogen) atoms. The van der Waals surface area contributed by atoms with Crippen LogP contribution in [0.15, 0.2) is 18.2 Å². The van der Waals surface area contributed by atoms with Gasteiger partial charge in [0.1, 0.15) is 0 Å². The predicted octanol–water partition coefficient (Wildman–Crippen LogP) is 2.84. The molecule has 0 bridgehead atoms. The third kappa shape index (κ3) is 3.16. The van der Waals surface area contributed by atoms with Crippen molar-refractivity contribution in [3.05, 3.63) is 32.4 Å². The molecule has 1 aromatic carbocycles. The fourth-order valence-corrected chi connectivity index (χ4v) is 2.85. The van der Waals surface area contributed by atoms with Crippen LogP contribution in [0.1, 0.15) is 29.6 Å². The van der Waals surface area contributed by atoms with E-state index in [1.54, 1.807) is 12.1 Å². The van der Waals surface area contributed by atoms with Gasteiger partial charge in [0.25, 0.3) is 5.91 Å². The van der Waals surface area contributed by atoms with Crippen LogP contribution >= 0.6 is 34.2 Å². The number of aliphatic hydroxyl groups excluding tert-OH is 1. The summed E-state index contributed by atoms with van der Waals surface area (Å²) in [5.74, 6) is 0.0759. The largest absolute Gasteiger partial charge is 0.396 e. The molecule has 5 heteroatoms. The van der Waals surface area contributed by atoms with Gasteiger partial charge in [-0.3, -0.25) is 4.79 Å². The van der Waals surface area contributed by atoms with Crippen molar-refractivity contribution in [2.24, 2.45) is 5.92 Å². The maximum atomic E-state index is 12.1. The smallest absolute Gasteiger partial charge is 0.251 e. The summed E-state index contributed by atoms with van der Waals surface area (Å²) in [5.41, 5.74) is 0.573. The molecule has 1 saturated carbocycles. The predicted molar refractivity (Wildman–Crippen MR) is 79.9 cm³/mol. The van der Waals surface area contributed by atoms with E-state index < -0.39 is 0 Å². The molecule has 2 unspecified atom stereocenters. The minimum absolute atomic E-state index is 0.0838. The van der Waals surface area contributed by atoms with Crippen LogP contribution in [0.3, 0.4) is 0 Å². The Balaban J connectivity index is 2.05. The lowest BCUT2D eigenvalue weighted by Gasteiger charge is -2.19. The van der Waals surface area contributed by atoms with Crippen molar-refractivity contribution in [3.63, 3.8) is 0 Å². The molecular weight excluding hydrogens is 365 g/mol. The average Bonchev–Trinajstić information content (AvgIpc) is 2.79. The van der Waals surface area contributed by atoms with Gasteiger partial charge in [0.15, 0.2) is 0 Å². The van der Waals surface area contributed by atoms with Crippen molar-refractivity contribution in [2.75, 3.05) is 6.61 Å². The molecule has 0 radical (unpaired) electrons. The highest BCUT2D eigenvalue weighted by molar-refractivity contribution is 14.1. The summed E-state index contributed by atoms with van der Waals surface area (Å²) in [4.78, 5) is 12.1. The van der Waals surface area contributed by atoms with E-state index in [2.05, 4.69) is 27.9 Å². The molecule has 1 amide bonds. The molecule has 2 atom stereocenters. The Hall–Kier alpha value is -0.330. The Kier molecular flexibility index (Phi) is 4.86. The maximum absolute atomic E-state index is 12.1. The highest BCUT2D eigenvalue weighted by Gasteiger charge is 2.28. The molecule has 2 rings (SSSR count). The van der Waals surface area contributed by atoms with Gasteiger partial charge >= 0.3 is 0 Å². The second-order valence-corrected chi connectivity index (χ2v) is 6.15. The summed E-state index contributed by atoms with van der Waals surface area (Å²) in [7, 11) is 0. The summed E-state index contributed by atoms with van der Waals surface area (Å²) in [5, 5.41) is 12.8. The van der Waals surface area contributed by atoms with Gasteiger partial charge in [-0.15, -0.1) is 0 Å². The molecule has 1 fully saturated rings. The summed E-state index contributed by atoms with van der Waals surface area (Å²) in [6.07, 6.45) is 2.98. The molecular formula is C13H15ClINO2. The molecule has 1 aliphatic carbocycles. The molecule has 0 aliphatic heterocycles. The van der Waals surface area contributed by atoms with E-state index in [0.717, 1.165) is 22.8 Å². The zero-order valence-corrected chi connectivity index (χ0v) is 12.7. The van der Waals surface area contributed by atoms with Gasteiger partial charge in [-0.1, -0.05) is 18.0 Å². The maximum Gasteiger partial charge on any atom is 0.251 e. The lowest BCUT2D eigenvalue weighted by atomic mass is 10.0. The van der Waals surface area contributed by atoms with Crippen molar-refractivity contribution < 1.29 is 9.90 Å². The van der Waals surface area contributed by atoms with Crippen molar-refractivity contribution in [1.29, 1.82) is 0 Å². The number of amides is 1. The molecule has 0 saturated heterocycles. The van der Waals surface area contributed by atoms with E-state index in [1.807, 2.05) is 6.07 Å². The molecule has 3 nitrogen and oxygen atoms in total. The lowest BCUT2D eigenvalue weighted by Crippen LogP contribution is -2.38. The van der Waals surface area contributed by atoms with E-state index in [0.29, 0.717) is 10.6 Å². The zero-order valence-electron chi connectivity index (χ0n) is 9.83. The number of aliphatic hydroxyl groups is 1. The van der Waals surface area contributed by atoms with Gasteiger partial charge < -0.3 is 10.4 Å². The fourth-order valence-electron chi connectivity index (χ4n) is 2.33. The van der Waals surface area contributed by atoms with E-state index in [9.17, 15) is 9.90 Å². The Morgan fingerprint density at radius 1 is 1.50 bits per heavy atom. The van der Waals surface area contributed by atoms with Crippen LogP contribution in [0.5, 0.6) is 0 Å². The Bertz CT molecular complexity index is 453. The second-order valence-electron chi connectivity index (χ2n) is 4.58. The third-order valence-electron chi connectivity index (χ3n) is 3.39. The van der Waals surface area contributed by atoms with Gasteiger partial charge in [0.2, 0.25) is 0 Å². The molecule has 1 aromatic rings. The highest BCUT2D eigenvalue weighted by Crippen LogP contribution is 2.26. The molecule has 2 N–H and O–H groups in total.